The summed E-state index contributed by atoms with van der Waals surface area (Å²) in [6.45, 7) is 0. The first-order chi connectivity index (χ1) is 8.59. The Morgan fingerprint density at radius 3 is 2.28 bits per heavy atom. The molecule has 1 aromatic rings. The van der Waals surface area contributed by atoms with Crippen molar-refractivity contribution in [2.24, 2.45) is 5.41 Å². The molecular formula is C15H21ClOS. The highest BCUT2D eigenvalue weighted by atomic mass is 35.5. The zero-order chi connectivity index (χ0) is 12.6. The van der Waals surface area contributed by atoms with E-state index in [1.54, 1.807) is 11.3 Å². The first kappa shape index (κ1) is 13.0. The lowest BCUT2D eigenvalue weighted by Gasteiger charge is -2.42. The summed E-state index contributed by atoms with van der Waals surface area (Å²) in [7, 11) is 0. The Kier molecular flexibility index (Phi) is 3.46. The third kappa shape index (κ3) is 2.61. The van der Waals surface area contributed by atoms with Crippen molar-refractivity contribution in [2.45, 2.75) is 63.4 Å². The second kappa shape index (κ2) is 4.81. The van der Waals surface area contributed by atoms with Crippen LogP contribution in [0.25, 0.3) is 0 Å². The lowest BCUT2D eigenvalue weighted by Crippen LogP contribution is -2.39. The average molecular weight is 285 g/mol. The topological polar surface area (TPSA) is 20.2 Å². The first-order valence-corrected chi connectivity index (χ1v) is 8.25. The van der Waals surface area contributed by atoms with E-state index in [-0.39, 0.29) is 0 Å². The smallest absolute Gasteiger partial charge is 0.0931 e. The number of hydrogen-bond acceptors (Lipinski definition) is 2. The Morgan fingerprint density at radius 2 is 1.72 bits per heavy atom. The average Bonchev–Trinajstić information content (AvgIpc) is 2.94. The zero-order valence-electron chi connectivity index (χ0n) is 10.8. The van der Waals surface area contributed by atoms with E-state index < -0.39 is 5.60 Å². The number of halogens is 1. The van der Waals surface area contributed by atoms with Crippen molar-refractivity contribution in [1.29, 1.82) is 0 Å². The van der Waals surface area contributed by atoms with Gasteiger partial charge >= 0.3 is 0 Å². The lowest BCUT2D eigenvalue weighted by atomic mass is 9.67. The second-order valence-corrected chi connectivity index (χ2v) is 8.11. The number of hydrogen-bond donors (Lipinski definition) is 1. The summed E-state index contributed by atoms with van der Waals surface area (Å²) in [6.07, 6.45) is 10.8. The predicted octanol–water partition coefficient (Wildman–Crippen LogP) is 4.81. The van der Waals surface area contributed by atoms with Crippen LogP contribution in [0, 0.1) is 5.41 Å². The summed E-state index contributed by atoms with van der Waals surface area (Å²) in [5.74, 6) is 0. The lowest BCUT2D eigenvalue weighted by molar-refractivity contribution is -0.0316. The molecule has 1 aromatic heterocycles. The minimum absolute atomic E-state index is 0.470. The van der Waals surface area contributed by atoms with Crippen LogP contribution >= 0.6 is 22.9 Å². The van der Waals surface area contributed by atoms with Crippen LogP contribution in [-0.4, -0.2) is 10.7 Å². The molecule has 0 radical (unpaired) electrons. The van der Waals surface area contributed by atoms with Gasteiger partial charge in [-0.15, -0.1) is 11.3 Å². The largest absolute Gasteiger partial charge is 0.390 e. The van der Waals surface area contributed by atoms with Crippen molar-refractivity contribution in [1.82, 2.24) is 0 Å². The third-order valence-corrected chi connectivity index (χ3v) is 6.27. The molecule has 100 valence electrons. The van der Waals surface area contributed by atoms with Crippen LogP contribution in [0.4, 0.5) is 0 Å². The molecule has 0 aliphatic heterocycles. The van der Waals surface area contributed by atoms with Gasteiger partial charge in [-0.1, -0.05) is 24.4 Å². The molecule has 1 nitrogen and oxygen atoms in total. The SMILES string of the molecule is OC1(Cc2ccc(Cl)s2)CCC2(CCCC2)CC1. The molecule has 1 spiro atoms. The normalized spacial score (nSPS) is 25.7. The fraction of sp³-hybridized carbons (Fsp3) is 0.733. The van der Waals surface area contributed by atoms with Crippen molar-refractivity contribution in [3.05, 3.63) is 21.3 Å². The Balaban J connectivity index is 1.63. The highest BCUT2D eigenvalue weighted by molar-refractivity contribution is 7.16. The van der Waals surface area contributed by atoms with Crippen LogP contribution in [0.1, 0.15) is 56.2 Å². The third-order valence-electron chi connectivity index (χ3n) is 5.04. The zero-order valence-corrected chi connectivity index (χ0v) is 12.3. The Labute approximate surface area is 118 Å². The summed E-state index contributed by atoms with van der Waals surface area (Å²) in [5.41, 5.74) is 0.126. The molecule has 0 aromatic carbocycles. The maximum Gasteiger partial charge on any atom is 0.0931 e. The molecule has 0 unspecified atom stereocenters. The molecular weight excluding hydrogens is 264 g/mol. The number of rotatable bonds is 2. The van der Waals surface area contributed by atoms with E-state index in [9.17, 15) is 5.11 Å². The number of thiophene rings is 1. The molecule has 1 N–H and O–H groups in total. The molecule has 2 fully saturated rings. The summed E-state index contributed by atoms with van der Waals surface area (Å²) in [4.78, 5) is 1.23. The van der Waals surface area contributed by atoms with Crippen LogP contribution < -0.4 is 0 Å². The van der Waals surface area contributed by atoms with Crippen molar-refractivity contribution in [3.8, 4) is 0 Å². The Bertz CT molecular complexity index is 410. The minimum Gasteiger partial charge on any atom is -0.390 e. The molecule has 2 aliphatic rings. The molecule has 3 rings (SSSR count). The van der Waals surface area contributed by atoms with Crippen LogP contribution in [0.3, 0.4) is 0 Å². The molecule has 0 atom stereocenters. The van der Waals surface area contributed by atoms with Gasteiger partial charge in [0.2, 0.25) is 0 Å². The predicted molar refractivity (Wildman–Crippen MR) is 77.4 cm³/mol. The van der Waals surface area contributed by atoms with Gasteiger partial charge in [0.25, 0.3) is 0 Å². The first-order valence-electron chi connectivity index (χ1n) is 7.06. The van der Waals surface area contributed by atoms with Gasteiger partial charge in [-0.2, -0.15) is 0 Å². The molecule has 0 saturated heterocycles. The van der Waals surface area contributed by atoms with E-state index in [0.717, 1.165) is 23.6 Å². The van der Waals surface area contributed by atoms with Gasteiger partial charge < -0.3 is 5.11 Å². The van der Waals surface area contributed by atoms with Crippen LogP contribution in [-0.2, 0) is 6.42 Å². The van der Waals surface area contributed by atoms with Gasteiger partial charge in [0.05, 0.1) is 9.94 Å². The standard InChI is InChI=1S/C15H21ClOS/c16-13-4-3-12(18-13)11-15(17)9-7-14(8-10-15)5-1-2-6-14/h3-4,17H,1-2,5-11H2. The molecule has 2 aliphatic carbocycles. The van der Waals surface area contributed by atoms with Gasteiger partial charge in [0, 0.05) is 11.3 Å². The van der Waals surface area contributed by atoms with E-state index >= 15 is 0 Å². The molecule has 1 heterocycles. The molecule has 3 heteroatoms. The van der Waals surface area contributed by atoms with Gasteiger partial charge in [-0.25, -0.2) is 0 Å². The van der Waals surface area contributed by atoms with E-state index in [2.05, 4.69) is 6.07 Å². The fourth-order valence-electron chi connectivity index (χ4n) is 3.82. The van der Waals surface area contributed by atoms with Crippen LogP contribution in [0.2, 0.25) is 4.34 Å². The van der Waals surface area contributed by atoms with Crippen molar-refractivity contribution < 1.29 is 5.11 Å². The van der Waals surface area contributed by atoms with Crippen molar-refractivity contribution in [3.63, 3.8) is 0 Å². The quantitative estimate of drug-likeness (QED) is 0.826. The Hall–Kier alpha value is -0.0500. The molecule has 0 amide bonds. The van der Waals surface area contributed by atoms with Crippen molar-refractivity contribution >= 4 is 22.9 Å². The summed E-state index contributed by atoms with van der Waals surface area (Å²) < 4.78 is 0.830. The van der Waals surface area contributed by atoms with E-state index in [4.69, 9.17) is 11.6 Å². The molecule has 0 bridgehead atoms. The second-order valence-electron chi connectivity index (χ2n) is 6.31. The fourth-order valence-corrected chi connectivity index (χ4v) is 5.04. The molecule has 18 heavy (non-hydrogen) atoms. The monoisotopic (exact) mass is 284 g/mol. The number of aliphatic hydroxyl groups is 1. The summed E-state index contributed by atoms with van der Waals surface area (Å²) >= 11 is 7.57. The van der Waals surface area contributed by atoms with E-state index in [1.165, 1.54) is 43.4 Å². The van der Waals surface area contributed by atoms with Crippen LogP contribution in [0.15, 0.2) is 12.1 Å². The summed E-state index contributed by atoms with van der Waals surface area (Å²) in [5, 5.41) is 10.7. The maximum atomic E-state index is 10.7. The highest BCUT2D eigenvalue weighted by Gasteiger charge is 2.43. The van der Waals surface area contributed by atoms with Crippen molar-refractivity contribution in [2.75, 3.05) is 0 Å². The van der Waals surface area contributed by atoms with Gasteiger partial charge in [0.1, 0.15) is 0 Å². The van der Waals surface area contributed by atoms with E-state index in [1.807, 2.05) is 6.07 Å². The van der Waals surface area contributed by atoms with Gasteiger partial charge in [-0.05, 0) is 56.1 Å². The van der Waals surface area contributed by atoms with Gasteiger partial charge in [-0.3, -0.25) is 0 Å². The highest BCUT2D eigenvalue weighted by Crippen LogP contribution is 2.51. The Morgan fingerprint density at radius 1 is 1.06 bits per heavy atom. The van der Waals surface area contributed by atoms with Gasteiger partial charge in [0.15, 0.2) is 0 Å². The molecule has 2 saturated carbocycles. The summed E-state index contributed by atoms with van der Waals surface area (Å²) in [6, 6.07) is 4.00. The maximum absolute atomic E-state index is 10.7. The minimum atomic E-state index is -0.470. The van der Waals surface area contributed by atoms with E-state index in [0.29, 0.717) is 5.41 Å². The van der Waals surface area contributed by atoms with Crippen LogP contribution in [0.5, 0.6) is 0 Å².